The van der Waals surface area contributed by atoms with Crippen LogP contribution in [-0.4, -0.2) is 21.7 Å². The second kappa shape index (κ2) is 5.14. The molecule has 98 valence electrons. The molecule has 5 nitrogen and oxygen atoms in total. The Morgan fingerprint density at radius 2 is 2.26 bits per heavy atom. The van der Waals surface area contributed by atoms with Crippen LogP contribution in [0.4, 0.5) is 5.13 Å². The van der Waals surface area contributed by atoms with Gasteiger partial charge in [-0.05, 0) is 12.1 Å². The van der Waals surface area contributed by atoms with Crippen molar-refractivity contribution in [2.45, 2.75) is 13.3 Å². The lowest BCUT2D eigenvalue weighted by Crippen LogP contribution is -2.05. The highest BCUT2D eigenvalue weighted by atomic mass is 35.5. The first kappa shape index (κ1) is 12.4. The minimum atomic E-state index is 0.585. The van der Waals surface area contributed by atoms with E-state index in [-0.39, 0.29) is 0 Å². The van der Waals surface area contributed by atoms with E-state index in [1.54, 1.807) is 18.3 Å². The predicted octanol–water partition coefficient (Wildman–Crippen LogP) is 3.30. The molecule has 0 aliphatic rings. The van der Waals surface area contributed by atoms with Gasteiger partial charge >= 0.3 is 0 Å². The average molecular weight is 295 g/mol. The van der Waals surface area contributed by atoms with E-state index in [1.807, 2.05) is 18.2 Å². The summed E-state index contributed by atoms with van der Waals surface area (Å²) in [4.78, 5) is 8.61. The summed E-state index contributed by atoms with van der Waals surface area (Å²) < 4.78 is 5.91. The zero-order valence-corrected chi connectivity index (χ0v) is 11.8. The van der Waals surface area contributed by atoms with Gasteiger partial charge in [0.05, 0.1) is 15.2 Å². The Balaban J connectivity index is 1.67. The van der Waals surface area contributed by atoms with Gasteiger partial charge in [0.1, 0.15) is 0 Å². The minimum absolute atomic E-state index is 0.585. The third kappa shape index (κ3) is 2.69. The van der Waals surface area contributed by atoms with Gasteiger partial charge in [-0.25, -0.2) is 4.98 Å². The summed E-state index contributed by atoms with van der Waals surface area (Å²) >= 11 is 7.66. The Kier molecular flexibility index (Phi) is 3.35. The van der Waals surface area contributed by atoms with Gasteiger partial charge in [-0.3, -0.25) is 0 Å². The molecule has 1 aromatic carbocycles. The van der Waals surface area contributed by atoms with Crippen LogP contribution in [0.2, 0.25) is 5.02 Å². The molecule has 0 saturated heterocycles. The van der Waals surface area contributed by atoms with Crippen molar-refractivity contribution in [1.82, 2.24) is 15.1 Å². The first-order valence-corrected chi connectivity index (χ1v) is 7.00. The number of halogens is 1. The first-order valence-electron chi connectivity index (χ1n) is 5.80. The molecule has 0 atom stereocenters. The fourth-order valence-corrected chi connectivity index (χ4v) is 2.90. The van der Waals surface area contributed by atoms with Crippen molar-refractivity contribution in [3.8, 4) is 0 Å². The molecule has 0 spiro atoms. The molecule has 1 N–H and O–H groups in total. The molecule has 3 rings (SSSR count). The lowest BCUT2D eigenvalue weighted by Gasteiger charge is -1.97. The summed E-state index contributed by atoms with van der Waals surface area (Å²) in [5.41, 5.74) is 0.912. The van der Waals surface area contributed by atoms with Crippen LogP contribution in [0.15, 0.2) is 22.7 Å². The van der Waals surface area contributed by atoms with Gasteiger partial charge in [-0.1, -0.05) is 34.2 Å². The van der Waals surface area contributed by atoms with Crippen molar-refractivity contribution in [2.24, 2.45) is 0 Å². The smallest absolute Gasteiger partial charge is 0.223 e. The Labute approximate surface area is 118 Å². The number of thiazole rings is 1. The molecule has 0 saturated carbocycles. The Bertz CT molecular complexity index is 709. The van der Waals surface area contributed by atoms with Crippen molar-refractivity contribution in [1.29, 1.82) is 0 Å². The summed E-state index contributed by atoms with van der Waals surface area (Å²) in [5, 5.41) is 8.67. The van der Waals surface area contributed by atoms with Gasteiger partial charge in [-0.15, -0.1) is 0 Å². The molecule has 0 radical (unpaired) electrons. The highest BCUT2D eigenvalue weighted by molar-refractivity contribution is 7.22. The molecule has 0 unspecified atom stereocenters. The van der Waals surface area contributed by atoms with E-state index in [0.29, 0.717) is 24.7 Å². The maximum absolute atomic E-state index is 6.11. The summed E-state index contributed by atoms with van der Waals surface area (Å²) in [7, 11) is 0. The van der Waals surface area contributed by atoms with Crippen LogP contribution in [-0.2, 0) is 6.42 Å². The molecule has 0 aliphatic carbocycles. The Hall–Kier alpha value is -1.66. The minimum Gasteiger partial charge on any atom is -0.361 e. The fourth-order valence-electron chi connectivity index (χ4n) is 1.72. The largest absolute Gasteiger partial charge is 0.361 e. The Morgan fingerprint density at radius 3 is 3.00 bits per heavy atom. The van der Waals surface area contributed by atoms with Crippen molar-refractivity contribution in [3.05, 3.63) is 34.9 Å². The number of hydrogen-bond acceptors (Lipinski definition) is 6. The van der Waals surface area contributed by atoms with Crippen molar-refractivity contribution in [2.75, 3.05) is 11.9 Å². The summed E-state index contributed by atoms with van der Waals surface area (Å²) in [6, 6.07) is 5.72. The van der Waals surface area contributed by atoms with E-state index in [0.717, 1.165) is 20.4 Å². The van der Waals surface area contributed by atoms with Crippen LogP contribution in [0.25, 0.3) is 10.2 Å². The average Bonchev–Trinajstić information content (AvgIpc) is 2.97. The topological polar surface area (TPSA) is 63.8 Å². The molecule has 0 aliphatic heterocycles. The van der Waals surface area contributed by atoms with E-state index in [1.165, 1.54) is 0 Å². The zero-order valence-electron chi connectivity index (χ0n) is 10.2. The first-order chi connectivity index (χ1) is 9.22. The molecule has 0 fully saturated rings. The lowest BCUT2D eigenvalue weighted by molar-refractivity contribution is 0.387. The van der Waals surface area contributed by atoms with Crippen molar-refractivity contribution >= 4 is 38.3 Å². The van der Waals surface area contributed by atoms with Gasteiger partial charge in [0.25, 0.3) is 0 Å². The van der Waals surface area contributed by atoms with Crippen molar-refractivity contribution in [3.63, 3.8) is 0 Å². The van der Waals surface area contributed by atoms with Gasteiger partial charge in [0.2, 0.25) is 5.89 Å². The molecular weight excluding hydrogens is 284 g/mol. The van der Waals surface area contributed by atoms with Crippen LogP contribution >= 0.6 is 22.9 Å². The quantitative estimate of drug-likeness (QED) is 0.800. The molecule has 7 heteroatoms. The van der Waals surface area contributed by atoms with Gasteiger partial charge in [0, 0.05) is 19.9 Å². The van der Waals surface area contributed by atoms with E-state index in [9.17, 15) is 0 Å². The highest BCUT2D eigenvalue weighted by Gasteiger charge is 2.07. The molecule has 3 aromatic rings. The van der Waals surface area contributed by atoms with Gasteiger partial charge in [0.15, 0.2) is 11.0 Å². The van der Waals surface area contributed by atoms with Gasteiger partial charge < -0.3 is 9.84 Å². The third-order valence-corrected chi connectivity index (χ3v) is 4.05. The number of rotatable bonds is 4. The second-order valence-electron chi connectivity index (χ2n) is 4.01. The summed E-state index contributed by atoms with van der Waals surface area (Å²) in [6.07, 6.45) is 0.695. The van der Waals surface area contributed by atoms with E-state index in [4.69, 9.17) is 16.1 Å². The third-order valence-electron chi connectivity index (χ3n) is 2.56. The number of hydrogen-bond donors (Lipinski definition) is 1. The predicted molar refractivity (Wildman–Crippen MR) is 75.9 cm³/mol. The van der Waals surface area contributed by atoms with Crippen LogP contribution in [0.1, 0.15) is 11.7 Å². The molecule has 0 amide bonds. The number of aryl methyl sites for hydroxylation is 1. The Morgan fingerprint density at radius 1 is 1.37 bits per heavy atom. The maximum atomic E-state index is 6.11. The second-order valence-corrected chi connectivity index (χ2v) is 5.42. The number of fused-ring (bicyclic) bond motifs is 1. The van der Waals surface area contributed by atoms with E-state index < -0.39 is 0 Å². The fraction of sp³-hybridized carbons (Fsp3) is 0.250. The molecule has 19 heavy (non-hydrogen) atoms. The van der Waals surface area contributed by atoms with E-state index in [2.05, 4.69) is 20.4 Å². The van der Waals surface area contributed by atoms with Crippen LogP contribution in [0.3, 0.4) is 0 Å². The molecular formula is C12H11ClN4OS. The highest BCUT2D eigenvalue weighted by Crippen LogP contribution is 2.31. The summed E-state index contributed by atoms with van der Waals surface area (Å²) in [6.45, 7) is 2.48. The lowest BCUT2D eigenvalue weighted by atomic mass is 10.3. The van der Waals surface area contributed by atoms with Crippen LogP contribution in [0.5, 0.6) is 0 Å². The monoisotopic (exact) mass is 294 g/mol. The summed E-state index contributed by atoms with van der Waals surface area (Å²) in [5.74, 6) is 1.28. The molecule has 0 bridgehead atoms. The van der Waals surface area contributed by atoms with Crippen LogP contribution < -0.4 is 5.32 Å². The number of anilines is 1. The number of nitrogens with one attached hydrogen (secondary N) is 1. The number of benzene rings is 1. The van der Waals surface area contributed by atoms with Crippen molar-refractivity contribution < 1.29 is 4.52 Å². The maximum Gasteiger partial charge on any atom is 0.223 e. The van der Waals surface area contributed by atoms with Crippen LogP contribution in [0, 0.1) is 6.92 Å². The van der Waals surface area contributed by atoms with E-state index >= 15 is 0 Å². The molecule has 2 aromatic heterocycles. The normalized spacial score (nSPS) is 11.1. The standard InChI is InChI=1S/C12H11ClN4OS/c1-7-15-10(17-18-7)5-6-14-12-16-9-4-2-3-8(13)11(9)19-12/h2-4H,5-6H2,1H3,(H,14,16). The SMILES string of the molecule is Cc1nc(CCNc2nc3cccc(Cl)c3s2)no1. The number of aromatic nitrogens is 3. The zero-order chi connectivity index (χ0) is 13.2. The number of nitrogens with zero attached hydrogens (tertiary/aromatic N) is 3. The molecule has 2 heterocycles. The van der Waals surface area contributed by atoms with Gasteiger partial charge in [-0.2, -0.15) is 4.98 Å².